The smallest absolute Gasteiger partial charge is 0.382 e. The number of nitrogens with one attached hydrogen (secondary N) is 1. The third kappa shape index (κ3) is 5.26. The van der Waals surface area contributed by atoms with Crippen molar-refractivity contribution in [2.24, 2.45) is 0 Å². The molecule has 6 nitrogen and oxygen atoms in total. The van der Waals surface area contributed by atoms with Gasteiger partial charge in [0.1, 0.15) is 0 Å². The molecule has 0 spiro atoms. The van der Waals surface area contributed by atoms with Crippen LogP contribution in [0.5, 0.6) is 0 Å². The molecule has 178 valence electrons. The number of piperazine rings is 1. The second-order valence-corrected chi connectivity index (χ2v) is 10.6. The van der Waals surface area contributed by atoms with Crippen LogP contribution >= 0.6 is 0 Å². The van der Waals surface area contributed by atoms with E-state index in [1.54, 1.807) is 11.0 Å². The van der Waals surface area contributed by atoms with Crippen molar-refractivity contribution in [2.45, 2.75) is 36.4 Å². The Kier molecular flexibility index (Phi) is 6.30. The van der Waals surface area contributed by atoms with E-state index in [-0.39, 0.29) is 16.8 Å². The normalized spacial score (nSPS) is 17.6. The fourth-order valence-electron chi connectivity index (χ4n) is 4.03. The Hall–Kier alpha value is -2.75. The van der Waals surface area contributed by atoms with Crippen molar-refractivity contribution in [3.05, 3.63) is 53.6 Å². The number of rotatable bonds is 5. The molecule has 0 atom stereocenters. The number of hydrogen-bond acceptors (Lipinski definition) is 5. The monoisotopic (exact) mass is 481 g/mol. The number of carbonyl (C=O) groups is 1. The summed E-state index contributed by atoms with van der Waals surface area (Å²) in [5.41, 5.74) is 0.925. The maximum Gasteiger partial charge on any atom is 0.416 e. The third-order valence-corrected chi connectivity index (χ3v) is 7.35. The molecule has 0 aromatic heterocycles. The fraction of sp³-hybridized carbons (Fsp3) is 0.435. The Morgan fingerprint density at radius 1 is 1.00 bits per heavy atom. The zero-order valence-corrected chi connectivity index (χ0v) is 19.0. The lowest BCUT2D eigenvalue weighted by atomic mass is 9.92. The molecule has 1 N–H and O–H groups in total. The number of benzene rings is 2. The zero-order chi connectivity index (χ0) is 23.8. The molecule has 1 amide bonds. The summed E-state index contributed by atoms with van der Waals surface area (Å²) in [5.74, 6) is -0.255. The number of sulfone groups is 1. The first kappa shape index (κ1) is 23.4. The molecule has 2 aromatic rings. The van der Waals surface area contributed by atoms with Crippen LogP contribution in [0.2, 0.25) is 0 Å². The molecule has 4 rings (SSSR count). The molecule has 1 saturated carbocycles. The molecular formula is C23H26F3N3O3S. The Labute approximate surface area is 191 Å². The summed E-state index contributed by atoms with van der Waals surface area (Å²) in [4.78, 5) is 17.0. The van der Waals surface area contributed by atoms with Crippen molar-refractivity contribution < 1.29 is 26.4 Å². The van der Waals surface area contributed by atoms with Crippen LogP contribution < -0.4 is 10.2 Å². The fourth-order valence-corrected chi connectivity index (χ4v) is 4.68. The van der Waals surface area contributed by atoms with E-state index in [4.69, 9.17) is 0 Å². The highest BCUT2D eigenvalue weighted by Crippen LogP contribution is 2.31. The summed E-state index contributed by atoms with van der Waals surface area (Å²) in [5, 5.41) is 3.35. The van der Waals surface area contributed by atoms with E-state index in [0.29, 0.717) is 43.1 Å². The highest BCUT2D eigenvalue weighted by Gasteiger charge is 2.31. The van der Waals surface area contributed by atoms with Gasteiger partial charge in [-0.2, -0.15) is 13.2 Å². The van der Waals surface area contributed by atoms with Gasteiger partial charge in [-0.1, -0.05) is 0 Å². The van der Waals surface area contributed by atoms with E-state index in [9.17, 15) is 26.4 Å². The third-order valence-electron chi connectivity index (χ3n) is 6.24. The van der Waals surface area contributed by atoms with E-state index in [0.717, 1.165) is 37.7 Å². The first-order valence-electron chi connectivity index (χ1n) is 10.8. The van der Waals surface area contributed by atoms with Gasteiger partial charge in [-0.15, -0.1) is 0 Å². The first-order chi connectivity index (χ1) is 15.5. The van der Waals surface area contributed by atoms with Gasteiger partial charge >= 0.3 is 6.18 Å². The molecule has 1 heterocycles. The van der Waals surface area contributed by atoms with Crippen molar-refractivity contribution >= 4 is 27.1 Å². The number of carbonyl (C=O) groups excluding carboxylic acids is 1. The largest absolute Gasteiger partial charge is 0.416 e. The van der Waals surface area contributed by atoms with Gasteiger partial charge in [0.25, 0.3) is 5.91 Å². The summed E-state index contributed by atoms with van der Waals surface area (Å²) in [7, 11) is -3.47. The SMILES string of the molecule is CS(=O)(=O)c1ccc(NC2CCC2)c(C(=O)N2CCN(c3ccc(C(F)(F)F)cc3)CC2)c1. The number of amides is 1. The van der Waals surface area contributed by atoms with Gasteiger partial charge < -0.3 is 15.1 Å². The number of hydrogen-bond donors (Lipinski definition) is 1. The minimum atomic E-state index is -4.38. The minimum Gasteiger partial charge on any atom is -0.382 e. The van der Waals surface area contributed by atoms with Gasteiger partial charge in [0, 0.05) is 49.9 Å². The number of alkyl halides is 3. The predicted molar refractivity (Wildman–Crippen MR) is 120 cm³/mol. The van der Waals surface area contributed by atoms with Crippen LogP contribution in [0.1, 0.15) is 35.2 Å². The van der Waals surface area contributed by atoms with Crippen LogP contribution in [-0.2, 0) is 16.0 Å². The summed E-state index contributed by atoms with van der Waals surface area (Å²) in [6, 6.07) is 9.87. The topological polar surface area (TPSA) is 69.7 Å². The predicted octanol–water partition coefficient (Wildman–Crippen LogP) is 4.04. The van der Waals surface area contributed by atoms with Crippen LogP contribution in [0.3, 0.4) is 0 Å². The molecule has 0 radical (unpaired) electrons. The lowest BCUT2D eigenvalue weighted by molar-refractivity contribution is -0.137. The van der Waals surface area contributed by atoms with Gasteiger partial charge in [0.15, 0.2) is 9.84 Å². The lowest BCUT2D eigenvalue weighted by Gasteiger charge is -2.37. The van der Waals surface area contributed by atoms with Crippen LogP contribution in [-0.4, -0.2) is 57.7 Å². The Morgan fingerprint density at radius 3 is 2.15 bits per heavy atom. The molecule has 2 aromatic carbocycles. The average molecular weight is 482 g/mol. The van der Waals surface area contributed by atoms with Crippen molar-refractivity contribution in [3.63, 3.8) is 0 Å². The molecule has 33 heavy (non-hydrogen) atoms. The Morgan fingerprint density at radius 2 is 1.64 bits per heavy atom. The minimum absolute atomic E-state index is 0.0911. The van der Waals surface area contributed by atoms with Gasteiger partial charge in [0.2, 0.25) is 0 Å². The van der Waals surface area contributed by atoms with Gasteiger partial charge in [0.05, 0.1) is 16.0 Å². The molecule has 10 heteroatoms. The second-order valence-electron chi connectivity index (χ2n) is 8.58. The average Bonchev–Trinajstić information content (AvgIpc) is 2.75. The van der Waals surface area contributed by atoms with Crippen molar-refractivity contribution in [1.82, 2.24) is 4.90 Å². The molecule has 0 bridgehead atoms. The van der Waals surface area contributed by atoms with Gasteiger partial charge in [-0.25, -0.2) is 8.42 Å². The van der Waals surface area contributed by atoms with E-state index >= 15 is 0 Å². The molecule has 1 aliphatic heterocycles. The molecule has 2 fully saturated rings. The van der Waals surface area contributed by atoms with Crippen LogP contribution in [0.25, 0.3) is 0 Å². The maximum absolute atomic E-state index is 13.3. The van der Waals surface area contributed by atoms with E-state index in [2.05, 4.69) is 5.32 Å². The Bertz CT molecular complexity index is 1120. The molecule has 0 unspecified atom stereocenters. The summed E-state index contributed by atoms with van der Waals surface area (Å²) >= 11 is 0. The standard InChI is InChI=1S/C23H26F3N3O3S/c1-33(31,32)19-9-10-21(27-17-3-2-4-17)20(15-19)22(30)29-13-11-28(12-14-29)18-7-5-16(6-8-18)23(24,25)26/h5-10,15,17,27H,2-4,11-14H2,1H3. The lowest BCUT2D eigenvalue weighted by Crippen LogP contribution is -2.49. The maximum atomic E-state index is 13.3. The van der Waals surface area contributed by atoms with E-state index < -0.39 is 21.6 Å². The quantitative estimate of drug-likeness (QED) is 0.698. The number of nitrogens with zero attached hydrogens (tertiary/aromatic N) is 2. The highest BCUT2D eigenvalue weighted by molar-refractivity contribution is 7.90. The number of anilines is 2. The molecule has 1 saturated heterocycles. The number of halogens is 3. The van der Waals surface area contributed by atoms with Crippen molar-refractivity contribution in [2.75, 3.05) is 42.7 Å². The van der Waals surface area contributed by atoms with Crippen molar-refractivity contribution in [1.29, 1.82) is 0 Å². The van der Waals surface area contributed by atoms with Gasteiger partial charge in [-0.3, -0.25) is 4.79 Å². The van der Waals surface area contributed by atoms with Crippen LogP contribution in [0.4, 0.5) is 24.5 Å². The first-order valence-corrected chi connectivity index (χ1v) is 12.7. The van der Waals surface area contributed by atoms with Crippen LogP contribution in [0, 0.1) is 0 Å². The second kappa shape index (κ2) is 8.89. The van der Waals surface area contributed by atoms with Crippen molar-refractivity contribution in [3.8, 4) is 0 Å². The summed E-state index contributed by atoms with van der Waals surface area (Å²) in [6.45, 7) is 1.69. The molecule has 1 aliphatic carbocycles. The van der Waals surface area contributed by atoms with E-state index in [1.807, 2.05) is 4.90 Å². The molecular weight excluding hydrogens is 455 g/mol. The summed E-state index contributed by atoms with van der Waals surface area (Å²) < 4.78 is 62.5. The zero-order valence-electron chi connectivity index (χ0n) is 18.2. The molecule has 2 aliphatic rings. The Balaban J connectivity index is 1.48. The van der Waals surface area contributed by atoms with E-state index in [1.165, 1.54) is 24.3 Å². The summed E-state index contributed by atoms with van der Waals surface area (Å²) in [6.07, 6.45) is -0.136. The van der Waals surface area contributed by atoms with Crippen LogP contribution in [0.15, 0.2) is 47.4 Å². The highest BCUT2D eigenvalue weighted by atomic mass is 32.2. The van der Waals surface area contributed by atoms with Gasteiger partial charge in [-0.05, 0) is 61.7 Å².